The molecule has 3 nitrogen and oxygen atoms in total. The number of hydrogen-bond donors (Lipinski definition) is 1. The van der Waals surface area contributed by atoms with Crippen molar-refractivity contribution in [1.29, 1.82) is 0 Å². The van der Waals surface area contributed by atoms with Gasteiger partial charge < -0.3 is 5.32 Å². The van der Waals surface area contributed by atoms with Crippen LogP contribution in [0.3, 0.4) is 0 Å². The van der Waals surface area contributed by atoms with E-state index in [0.717, 1.165) is 6.54 Å². The fraction of sp³-hybridized carbons (Fsp3) is 0.583. The predicted octanol–water partition coefficient (Wildman–Crippen LogP) is 2.01. The summed E-state index contributed by atoms with van der Waals surface area (Å²) in [6, 6.07) is 2.33. The number of aryl methyl sites for hydroxylation is 1. The van der Waals surface area contributed by atoms with Crippen LogP contribution in [0.25, 0.3) is 0 Å². The maximum Gasteiger partial charge on any atom is 0.234 e. The highest BCUT2D eigenvalue weighted by molar-refractivity contribution is 7.10. The van der Waals surface area contributed by atoms with Crippen LogP contribution in [0.5, 0.6) is 0 Å². The molecule has 0 atom stereocenters. The van der Waals surface area contributed by atoms with Gasteiger partial charge in [-0.15, -0.1) is 11.3 Å². The summed E-state index contributed by atoms with van der Waals surface area (Å²) in [5, 5.41) is 4.98. The van der Waals surface area contributed by atoms with Crippen LogP contribution in [-0.2, 0) is 11.3 Å². The average Bonchev–Trinajstić information content (AvgIpc) is 2.49. The molecule has 0 unspecified atom stereocenters. The van der Waals surface area contributed by atoms with E-state index in [2.05, 4.69) is 23.7 Å². The molecule has 16 heavy (non-hydrogen) atoms. The molecule has 1 heterocycles. The lowest BCUT2D eigenvalue weighted by atomic mass is 10.3. The SMILES string of the molecule is Cc1ccsc1CN(C)CC(=O)NC(C)C. The number of likely N-dealkylation sites (N-methyl/N-ethyl adjacent to an activating group) is 1. The van der Waals surface area contributed by atoms with Crippen molar-refractivity contribution in [3.8, 4) is 0 Å². The molecule has 0 aliphatic carbocycles. The Bertz CT molecular complexity index is 347. The van der Waals surface area contributed by atoms with Crippen molar-refractivity contribution < 1.29 is 4.79 Å². The number of nitrogens with zero attached hydrogens (tertiary/aromatic N) is 1. The van der Waals surface area contributed by atoms with Gasteiger partial charge in [0.2, 0.25) is 5.91 Å². The van der Waals surface area contributed by atoms with E-state index in [1.54, 1.807) is 11.3 Å². The van der Waals surface area contributed by atoms with Gasteiger partial charge in [0.25, 0.3) is 0 Å². The van der Waals surface area contributed by atoms with Crippen LogP contribution in [0.1, 0.15) is 24.3 Å². The van der Waals surface area contributed by atoms with Gasteiger partial charge >= 0.3 is 0 Å². The van der Waals surface area contributed by atoms with Crippen molar-refractivity contribution in [2.75, 3.05) is 13.6 Å². The third kappa shape index (κ3) is 4.33. The van der Waals surface area contributed by atoms with E-state index in [0.29, 0.717) is 6.54 Å². The van der Waals surface area contributed by atoms with Gasteiger partial charge in [0.15, 0.2) is 0 Å². The van der Waals surface area contributed by atoms with E-state index in [9.17, 15) is 4.79 Å². The molecule has 90 valence electrons. The Kier molecular flexibility index (Phi) is 4.96. The maximum atomic E-state index is 11.5. The quantitative estimate of drug-likeness (QED) is 0.854. The highest BCUT2D eigenvalue weighted by atomic mass is 32.1. The molecule has 0 saturated carbocycles. The standard InChI is InChI=1S/C12H20N2OS/c1-9(2)13-12(15)8-14(4)7-11-10(3)5-6-16-11/h5-6,9H,7-8H2,1-4H3,(H,13,15). The fourth-order valence-corrected chi connectivity index (χ4v) is 2.47. The van der Waals surface area contributed by atoms with E-state index in [-0.39, 0.29) is 11.9 Å². The Morgan fingerprint density at radius 3 is 2.75 bits per heavy atom. The van der Waals surface area contributed by atoms with Crippen LogP contribution in [0.2, 0.25) is 0 Å². The summed E-state index contributed by atoms with van der Waals surface area (Å²) in [4.78, 5) is 14.9. The molecule has 0 aromatic carbocycles. The first-order chi connectivity index (χ1) is 7.49. The topological polar surface area (TPSA) is 32.3 Å². The molecular formula is C12H20N2OS. The first-order valence-corrected chi connectivity index (χ1v) is 6.38. The molecule has 0 aliphatic rings. The molecule has 1 aromatic heterocycles. The highest BCUT2D eigenvalue weighted by Gasteiger charge is 2.09. The minimum atomic E-state index is 0.0895. The molecule has 0 fully saturated rings. The second-order valence-electron chi connectivity index (χ2n) is 4.42. The van der Waals surface area contributed by atoms with Gasteiger partial charge in [-0.1, -0.05) is 0 Å². The van der Waals surface area contributed by atoms with E-state index in [1.165, 1.54) is 10.4 Å². The number of nitrogens with one attached hydrogen (secondary N) is 1. The van der Waals surface area contributed by atoms with Crippen LogP contribution < -0.4 is 5.32 Å². The number of thiophene rings is 1. The molecule has 0 aliphatic heterocycles. The van der Waals surface area contributed by atoms with Gasteiger partial charge in [-0.25, -0.2) is 0 Å². The molecule has 1 aromatic rings. The molecule has 1 N–H and O–H groups in total. The molecule has 0 bridgehead atoms. The van der Waals surface area contributed by atoms with Crippen molar-refractivity contribution in [3.63, 3.8) is 0 Å². The van der Waals surface area contributed by atoms with Gasteiger partial charge in [-0.2, -0.15) is 0 Å². The van der Waals surface area contributed by atoms with E-state index >= 15 is 0 Å². The molecule has 0 radical (unpaired) electrons. The van der Waals surface area contributed by atoms with Crippen molar-refractivity contribution in [1.82, 2.24) is 10.2 Å². The second-order valence-corrected chi connectivity index (χ2v) is 5.42. The average molecular weight is 240 g/mol. The summed E-state index contributed by atoms with van der Waals surface area (Å²) < 4.78 is 0. The predicted molar refractivity (Wildman–Crippen MR) is 68.7 cm³/mol. The Hall–Kier alpha value is -0.870. The lowest BCUT2D eigenvalue weighted by molar-refractivity contribution is -0.122. The molecule has 4 heteroatoms. The van der Waals surface area contributed by atoms with E-state index in [4.69, 9.17) is 0 Å². The van der Waals surface area contributed by atoms with Crippen molar-refractivity contribution in [3.05, 3.63) is 21.9 Å². The normalized spacial score (nSPS) is 11.1. The second kappa shape index (κ2) is 6.01. The Morgan fingerprint density at radius 1 is 1.56 bits per heavy atom. The molecule has 1 rings (SSSR count). The minimum Gasteiger partial charge on any atom is -0.353 e. The van der Waals surface area contributed by atoms with Crippen LogP contribution in [0.15, 0.2) is 11.4 Å². The minimum absolute atomic E-state index is 0.0895. The van der Waals surface area contributed by atoms with Crippen molar-refractivity contribution in [2.45, 2.75) is 33.4 Å². The van der Waals surface area contributed by atoms with E-state index < -0.39 is 0 Å². The van der Waals surface area contributed by atoms with Crippen molar-refractivity contribution >= 4 is 17.2 Å². The first kappa shape index (κ1) is 13.2. The summed E-state index contributed by atoms with van der Waals surface area (Å²) in [5.41, 5.74) is 1.31. The van der Waals surface area contributed by atoms with Gasteiger partial charge in [0.1, 0.15) is 0 Å². The molecule has 1 amide bonds. The highest BCUT2D eigenvalue weighted by Crippen LogP contribution is 2.16. The molecule has 0 saturated heterocycles. The smallest absolute Gasteiger partial charge is 0.234 e. The zero-order chi connectivity index (χ0) is 12.1. The number of rotatable bonds is 5. The summed E-state index contributed by atoms with van der Waals surface area (Å²) in [6.45, 7) is 7.35. The fourth-order valence-electron chi connectivity index (χ4n) is 1.48. The Balaban J connectivity index is 2.39. The van der Waals surface area contributed by atoms with E-state index in [1.807, 2.05) is 25.8 Å². The number of hydrogen-bond acceptors (Lipinski definition) is 3. The van der Waals surface area contributed by atoms with Gasteiger partial charge in [0.05, 0.1) is 6.54 Å². The zero-order valence-corrected chi connectivity index (χ0v) is 11.2. The Morgan fingerprint density at radius 2 is 2.25 bits per heavy atom. The largest absolute Gasteiger partial charge is 0.353 e. The van der Waals surface area contributed by atoms with Crippen LogP contribution in [-0.4, -0.2) is 30.4 Å². The third-order valence-electron chi connectivity index (χ3n) is 2.24. The van der Waals surface area contributed by atoms with Crippen LogP contribution in [0.4, 0.5) is 0 Å². The van der Waals surface area contributed by atoms with Crippen LogP contribution >= 0.6 is 11.3 Å². The zero-order valence-electron chi connectivity index (χ0n) is 10.4. The Labute approximate surface area is 101 Å². The molecular weight excluding hydrogens is 220 g/mol. The number of amides is 1. The summed E-state index contributed by atoms with van der Waals surface area (Å²) >= 11 is 1.75. The number of carbonyl (C=O) groups excluding carboxylic acids is 1. The monoisotopic (exact) mass is 240 g/mol. The maximum absolute atomic E-state index is 11.5. The summed E-state index contributed by atoms with van der Waals surface area (Å²) in [6.07, 6.45) is 0. The summed E-state index contributed by atoms with van der Waals surface area (Å²) in [5.74, 6) is 0.0895. The van der Waals surface area contributed by atoms with Gasteiger partial charge in [-0.05, 0) is 44.8 Å². The third-order valence-corrected chi connectivity index (χ3v) is 3.25. The number of carbonyl (C=O) groups is 1. The summed E-state index contributed by atoms with van der Waals surface area (Å²) in [7, 11) is 1.97. The first-order valence-electron chi connectivity index (χ1n) is 5.50. The van der Waals surface area contributed by atoms with Gasteiger partial charge in [0, 0.05) is 17.5 Å². The van der Waals surface area contributed by atoms with Crippen molar-refractivity contribution in [2.24, 2.45) is 0 Å². The lowest BCUT2D eigenvalue weighted by Gasteiger charge is -2.17. The molecule has 0 spiro atoms. The van der Waals surface area contributed by atoms with Gasteiger partial charge in [-0.3, -0.25) is 9.69 Å². The lowest BCUT2D eigenvalue weighted by Crippen LogP contribution is -2.38. The van der Waals surface area contributed by atoms with Crippen LogP contribution in [0, 0.1) is 6.92 Å².